The Hall–Kier alpha value is -2.10. The van der Waals surface area contributed by atoms with Crippen LogP contribution in [0, 0.1) is 5.92 Å². The number of rotatable bonds is 2. The fourth-order valence-electron chi connectivity index (χ4n) is 3.57. The van der Waals surface area contributed by atoms with Crippen molar-refractivity contribution >= 4 is 19.3 Å². The molecule has 1 aromatic rings. The van der Waals surface area contributed by atoms with Crippen molar-refractivity contribution in [2.45, 2.75) is 32.6 Å². The largest absolute Gasteiger partial charge is 0.465 e. The molecule has 122 valence electrons. The Morgan fingerprint density at radius 1 is 1.29 bits per heavy atom. The molecule has 0 heterocycles. The Morgan fingerprint density at radius 3 is 2.79 bits per heavy atom. The van der Waals surface area contributed by atoms with E-state index >= 15 is 0 Å². The molecule has 0 N–H and O–H groups in total. The van der Waals surface area contributed by atoms with Crippen LogP contribution in [-0.4, -0.2) is 20.9 Å². The van der Waals surface area contributed by atoms with Gasteiger partial charge in [-0.25, -0.2) is 9.18 Å². The minimum Gasteiger partial charge on any atom is -0.465 e. The van der Waals surface area contributed by atoms with E-state index in [1.807, 2.05) is 25.1 Å². The van der Waals surface area contributed by atoms with E-state index in [-0.39, 0.29) is 17.7 Å². The second kappa shape index (κ2) is 6.80. The number of esters is 1. The summed E-state index contributed by atoms with van der Waals surface area (Å²) in [6.45, 7) is 2.03. The average molecular weight is 322 g/mol. The molecule has 3 rings (SSSR count). The van der Waals surface area contributed by atoms with Crippen LogP contribution in [0.3, 0.4) is 0 Å². The molecule has 2 aliphatic rings. The minimum absolute atomic E-state index is 0.0813. The number of carbonyl (C=O) groups is 1. The molecule has 2 nitrogen and oxygen atoms in total. The number of hydrogen-bond acceptors (Lipinski definition) is 2. The lowest BCUT2D eigenvalue weighted by atomic mass is 9.76. The maximum Gasteiger partial charge on any atom is 0.337 e. The van der Waals surface area contributed by atoms with Gasteiger partial charge in [-0.2, -0.15) is 0 Å². The Kier molecular flexibility index (Phi) is 4.75. The zero-order valence-electron chi connectivity index (χ0n) is 14.1. The highest BCUT2D eigenvalue weighted by Gasteiger charge is 2.23. The lowest BCUT2D eigenvalue weighted by molar-refractivity contribution is 0.0600. The third kappa shape index (κ3) is 3.10. The number of methoxy groups -OCH3 is 1. The van der Waals surface area contributed by atoms with Crippen LogP contribution < -0.4 is 0 Å². The van der Waals surface area contributed by atoms with Gasteiger partial charge >= 0.3 is 5.97 Å². The molecule has 4 heteroatoms. The number of allylic oxidation sites excluding steroid dienone is 5. The fourth-order valence-corrected chi connectivity index (χ4v) is 3.57. The molecular formula is C20H20BFO2. The Labute approximate surface area is 143 Å². The van der Waals surface area contributed by atoms with Gasteiger partial charge in [0.25, 0.3) is 0 Å². The number of ether oxygens (including phenoxy) is 1. The summed E-state index contributed by atoms with van der Waals surface area (Å²) >= 11 is 0. The first-order valence-electron chi connectivity index (χ1n) is 8.28. The van der Waals surface area contributed by atoms with E-state index in [0.717, 1.165) is 47.0 Å². The van der Waals surface area contributed by atoms with Crippen LogP contribution in [0.25, 0.3) is 5.47 Å². The number of halogens is 1. The number of carbonyl (C=O) groups excluding carboxylic acids is 1. The van der Waals surface area contributed by atoms with Crippen molar-refractivity contribution in [1.29, 1.82) is 0 Å². The molecular weight excluding hydrogens is 302 g/mol. The van der Waals surface area contributed by atoms with Gasteiger partial charge in [0, 0.05) is 6.42 Å². The van der Waals surface area contributed by atoms with Gasteiger partial charge in [-0.15, -0.1) is 0 Å². The van der Waals surface area contributed by atoms with Crippen LogP contribution in [0.2, 0.25) is 0 Å². The van der Waals surface area contributed by atoms with E-state index in [1.54, 1.807) is 12.1 Å². The first-order chi connectivity index (χ1) is 11.5. The van der Waals surface area contributed by atoms with Crippen molar-refractivity contribution in [3.8, 4) is 0 Å². The number of benzene rings is 1. The highest BCUT2D eigenvalue weighted by atomic mass is 19.1. The molecule has 0 spiro atoms. The van der Waals surface area contributed by atoms with Crippen molar-refractivity contribution in [2.75, 3.05) is 7.11 Å². The molecule has 0 amide bonds. The number of hydrogen-bond donors (Lipinski definition) is 0. The predicted octanol–water partition coefficient (Wildman–Crippen LogP) is 4.51. The molecule has 1 atom stereocenters. The lowest BCUT2D eigenvalue weighted by Crippen LogP contribution is -2.08. The summed E-state index contributed by atoms with van der Waals surface area (Å²) < 4.78 is 18.3. The maximum absolute atomic E-state index is 13.5. The van der Waals surface area contributed by atoms with Crippen LogP contribution in [0.15, 0.2) is 47.3 Å². The van der Waals surface area contributed by atoms with E-state index in [9.17, 15) is 9.18 Å². The van der Waals surface area contributed by atoms with Crippen LogP contribution in [-0.2, 0) is 11.2 Å². The molecule has 0 aliphatic heterocycles. The normalized spacial score (nSPS) is 20.7. The third-order valence-corrected chi connectivity index (χ3v) is 4.84. The molecule has 1 aromatic carbocycles. The monoisotopic (exact) mass is 322 g/mol. The molecule has 1 unspecified atom stereocenters. The summed E-state index contributed by atoms with van der Waals surface area (Å²) in [7, 11) is 7.86. The van der Waals surface area contributed by atoms with Crippen molar-refractivity contribution < 1.29 is 13.9 Å². The van der Waals surface area contributed by atoms with Gasteiger partial charge in [0.2, 0.25) is 0 Å². The molecule has 0 aromatic heterocycles. The van der Waals surface area contributed by atoms with Crippen LogP contribution in [0.5, 0.6) is 0 Å². The van der Waals surface area contributed by atoms with Crippen molar-refractivity contribution in [3.63, 3.8) is 0 Å². The zero-order valence-corrected chi connectivity index (χ0v) is 14.1. The summed E-state index contributed by atoms with van der Waals surface area (Å²) in [5.74, 6) is -0.296. The summed E-state index contributed by atoms with van der Waals surface area (Å²) in [6, 6.07) is 5.51. The predicted molar refractivity (Wildman–Crippen MR) is 94.4 cm³/mol. The maximum atomic E-state index is 13.5. The first-order valence-corrected chi connectivity index (χ1v) is 8.28. The molecule has 0 bridgehead atoms. The number of fused-ring (bicyclic) bond motifs is 1. The van der Waals surface area contributed by atoms with E-state index < -0.39 is 0 Å². The fraction of sp³-hybridized carbons (Fsp3) is 0.350. The second-order valence-electron chi connectivity index (χ2n) is 6.45. The third-order valence-electron chi connectivity index (χ3n) is 4.84. The highest BCUT2D eigenvalue weighted by molar-refractivity contribution is 6.43. The smallest absolute Gasteiger partial charge is 0.337 e. The average Bonchev–Trinajstić information content (AvgIpc) is 2.73. The van der Waals surface area contributed by atoms with Crippen molar-refractivity contribution in [2.24, 2.45) is 5.92 Å². The zero-order chi connectivity index (χ0) is 17.3. The van der Waals surface area contributed by atoms with Gasteiger partial charge < -0.3 is 4.74 Å². The van der Waals surface area contributed by atoms with Crippen LogP contribution in [0.4, 0.5) is 4.39 Å². The van der Waals surface area contributed by atoms with Gasteiger partial charge in [0.05, 0.1) is 12.7 Å². The van der Waals surface area contributed by atoms with Gasteiger partial charge in [-0.1, -0.05) is 30.1 Å². The second-order valence-corrected chi connectivity index (χ2v) is 6.45. The van der Waals surface area contributed by atoms with Crippen LogP contribution >= 0.6 is 0 Å². The highest BCUT2D eigenvalue weighted by Crippen LogP contribution is 2.38. The van der Waals surface area contributed by atoms with Crippen molar-refractivity contribution in [3.05, 3.63) is 64.0 Å². The summed E-state index contributed by atoms with van der Waals surface area (Å²) in [5.41, 5.74) is 5.56. The Balaban J connectivity index is 2.05. The first kappa shape index (κ1) is 16.8. The lowest BCUT2D eigenvalue weighted by Gasteiger charge is -2.23. The van der Waals surface area contributed by atoms with Gasteiger partial charge in [0.15, 0.2) is 0 Å². The van der Waals surface area contributed by atoms with Crippen molar-refractivity contribution in [1.82, 2.24) is 0 Å². The van der Waals surface area contributed by atoms with Gasteiger partial charge in [-0.3, -0.25) is 0 Å². The Bertz CT molecular complexity index is 774. The van der Waals surface area contributed by atoms with Gasteiger partial charge in [0.1, 0.15) is 13.7 Å². The minimum atomic E-state index is -0.339. The van der Waals surface area contributed by atoms with E-state index in [2.05, 4.69) is 0 Å². The summed E-state index contributed by atoms with van der Waals surface area (Å²) in [4.78, 5) is 11.7. The SMILES string of the molecule is [B]C1=C(C2=CC=C(F)CC2C)CCCc2cc(C(=O)OC)ccc21. The summed E-state index contributed by atoms with van der Waals surface area (Å²) in [6.07, 6.45) is 6.50. The standard InChI is InChI=1S/C20H20BFO2/c1-12-10-15(22)7-9-16(12)18-5-3-4-13-11-14(20(23)24-2)6-8-17(13)19(18)21/h6-9,11-12H,3-5,10H2,1-2H3. The summed E-state index contributed by atoms with van der Waals surface area (Å²) in [5, 5.41) is 0. The quantitative estimate of drug-likeness (QED) is 0.591. The Morgan fingerprint density at radius 2 is 2.08 bits per heavy atom. The molecule has 0 saturated heterocycles. The number of aryl methyl sites for hydroxylation is 1. The van der Waals surface area contributed by atoms with E-state index in [0.29, 0.717) is 12.0 Å². The molecule has 0 saturated carbocycles. The topological polar surface area (TPSA) is 26.3 Å². The molecule has 2 radical (unpaired) electrons. The van der Waals surface area contributed by atoms with E-state index in [4.69, 9.17) is 12.6 Å². The van der Waals surface area contributed by atoms with Crippen LogP contribution in [0.1, 0.15) is 47.7 Å². The molecule has 24 heavy (non-hydrogen) atoms. The van der Waals surface area contributed by atoms with E-state index in [1.165, 1.54) is 7.11 Å². The molecule has 2 aliphatic carbocycles. The van der Waals surface area contributed by atoms with Gasteiger partial charge in [-0.05, 0) is 60.1 Å². The molecule has 0 fully saturated rings.